The molecule has 2 aromatic rings. The van der Waals surface area contributed by atoms with Crippen LogP contribution >= 0.6 is 0 Å². The minimum Gasteiger partial charge on any atom is -0.457 e. The van der Waals surface area contributed by atoms with Gasteiger partial charge in [-0.2, -0.15) is 0 Å². The molecule has 0 N–H and O–H groups in total. The average molecular weight is 371 g/mol. The molecule has 3 rings (SSSR count). The van der Waals surface area contributed by atoms with Crippen LogP contribution in [0.1, 0.15) is 63.4 Å². The fourth-order valence-corrected chi connectivity index (χ4v) is 3.60. The Morgan fingerprint density at radius 2 is 1.85 bits per heavy atom. The summed E-state index contributed by atoms with van der Waals surface area (Å²) < 4.78 is 20.6. The average Bonchev–Trinajstić information content (AvgIpc) is 2.96. The normalized spacial score (nSPS) is 16.1. The molecule has 0 bridgehead atoms. The third kappa shape index (κ3) is 4.65. The van der Waals surface area contributed by atoms with Crippen molar-refractivity contribution in [1.29, 1.82) is 0 Å². The fraction of sp³-hybridized carbons (Fsp3) is 0.455. The van der Waals surface area contributed by atoms with Crippen molar-refractivity contribution in [3.8, 4) is 0 Å². The molecule has 0 spiro atoms. The van der Waals surface area contributed by atoms with Crippen molar-refractivity contribution in [2.24, 2.45) is 5.92 Å². The zero-order chi connectivity index (χ0) is 19.6. The van der Waals surface area contributed by atoms with E-state index in [-0.39, 0.29) is 17.6 Å². The number of carbonyl (C=O) groups is 2. The van der Waals surface area contributed by atoms with Crippen LogP contribution in [0.4, 0.5) is 4.39 Å². The molecule has 1 aliphatic rings. The van der Waals surface area contributed by atoms with Crippen molar-refractivity contribution >= 4 is 28.9 Å². The highest BCUT2D eigenvalue weighted by atomic mass is 19.1. The van der Waals surface area contributed by atoms with Gasteiger partial charge in [0.2, 0.25) is 5.91 Å². The lowest BCUT2D eigenvalue weighted by Crippen LogP contribution is -2.24. The number of ether oxygens (including phenoxy) is 1. The van der Waals surface area contributed by atoms with Gasteiger partial charge in [-0.3, -0.25) is 9.36 Å². The standard InChI is InChI=1S/C22H26FNO3/c1-22(2,3)27-20(25)12-10-18-14-16-13-17(23)9-11-19(16)24(18)21(26)15-7-5-4-6-8-15/h9-15H,4-8H2,1-3H3/b12-10+. The molecule has 0 atom stereocenters. The van der Waals surface area contributed by atoms with Gasteiger partial charge in [0.1, 0.15) is 11.4 Å². The number of rotatable bonds is 3. The van der Waals surface area contributed by atoms with Crippen molar-refractivity contribution < 1.29 is 18.7 Å². The van der Waals surface area contributed by atoms with Crippen molar-refractivity contribution in [1.82, 2.24) is 4.57 Å². The van der Waals surface area contributed by atoms with Gasteiger partial charge in [-0.25, -0.2) is 9.18 Å². The van der Waals surface area contributed by atoms with Crippen LogP contribution in [0.3, 0.4) is 0 Å². The van der Waals surface area contributed by atoms with Gasteiger partial charge >= 0.3 is 5.97 Å². The van der Waals surface area contributed by atoms with E-state index in [0.29, 0.717) is 16.6 Å². The predicted octanol–water partition coefficient (Wildman–Crippen LogP) is 5.36. The number of hydrogen-bond donors (Lipinski definition) is 0. The number of benzene rings is 1. The lowest BCUT2D eigenvalue weighted by Gasteiger charge is -2.22. The van der Waals surface area contributed by atoms with Crippen LogP contribution in [0.15, 0.2) is 30.3 Å². The Kier molecular flexibility index (Phi) is 5.49. The fourth-order valence-electron chi connectivity index (χ4n) is 3.60. The molecule has 1 heterocycles. The van der Waals surface area contributed by atoms with Gasteiger partial charge in [0.15, 0.2) is 0 Å². The van der Waals surface area contributed by atoms with E-state index in [1.807, 2.05) is 0 Å². The number of nitrogens with zero attached hydrogens (tertiary/aromatic N) is 1. The van der Waals surface area contributed by atoms with Crippen LogP contribution < -0.4 is 0 Å². The van der Waals surface area contributed by atoms with Crippen molar-refractivity contribution in [2.45, 2.75) is 58.5 Å². The Morgan fingerprint density at radius 3 is 2.52 bits per heavy atom. The first kappa shape index (κ1) is 19.3. The molecule has 5 heteroatoms. The summed E-state index contributed by atoms with van der Waals surface area (Å²) in [7, 11) is 0. The molecule has 0 radical (unpaired) electrons. The zero-order valence-corrected chi connectivity index (χ0v) is 16.1. The minimum atomic E-state index is -0.588. The Morgan fingerprint density at radius 1 is 1.15 bits per heavy atom. The maximum absolute atomic E-state index is 13.6. The molecule has 0 aliphatic heterocycles. The van der Waals surface area contributed by atoms with Gasteiger partial charge in [-0.05, 0) is 64.0 Å². The summed E-state index contributed by atoms with van der Waals surface area (Å²) in [6.45, 7) is 5.39. The highest BCUT2D eigenvalue weighted by molar-refractivity contribution is 5.98. The van der Waals surface area contributed by atoms with Crippen molar-refractivity contribution in [2.75, 3.05) is 0 Å². The zero-order valence-electron chi connectivity index (χ0n) is 16.1. The van der Waals surface area contributed by atoms with Crippen LogP contribution in [-0.2, 0) is 9.53 Å². The highest BCUT2D eigenvalue weighted by Crippen LogP contribution is 2.29. The second-order valence-corrected chi connectivity index (χ2v) is 8.15. The molecule has 1 fully saturated rings. The predicted molar refractivity (Wildman–Crippen MR) is 104 cm³/mol. The molecule has 4 nitrogen and oxygen atoms in total. The maximum atomic E-state index is 13.6. The molecule has 1 aliphatic carbocycles. The first-order valence-corrected chi connectivity index (χ1v) is 9.51. The Bertz CT molecular complexity index is 883. The summed E-state index contributed by atoms with van der Waals surface area (Å²) in [5.41, 5.74) is 0.641. The maximum Gasteiger partial charge on any atom is 0.331 e. The van der Waals surface area contributed by atoms with E-state index in [9.17, 15) is 14.0 Å². The van der Waals surface area contributed by atoms with E-state index in [4.69, 9.17) is 4.74 Å². The molecular weight excluding hydrogens is 345 g/mol. The molecule has 0 unspecified atom stereocenters. The second kappa shape index (κ2) is 7.67. The summed E-state index contributed by atoms with van der Waals surface area (Å²) in [6, 6.07) is 6.12. The number of hydrogen-bond acceptors (Lipinski definition) is 3. The topological polar surface area (TPSA) is 48.3 Å². The molecule has 27 heavy (non-hydrogen) atoms. The Labute approximate surface area is 159 Å². The summed E-state index contributed by atoms with van der Waals surface area (Å²) in [5, 5.41) is 0.642. The minimum absolute atomic E-state index is 0.0140. The number of aromatic nitrogens is 1. The monoisotopic (exact) mass is 371 g/mol. The van der Waals surface area contributed by atoms with Gasteiger partial charge < -0.3 is 4.74 Å². The Hall–Kier alpha value is -2.43. The van der Waals surface area contributed by atoms with E-state index in [1.54, 1.807) is 43.5 Å². The number of esters is 1. The first-order valence-electron chi connectivity index (χ1n) is 9.51. The summed E-state index contributed by atoms with van der Waals surface area (Å²) >= 11 is 0. The molecule has 1 saturated carbocycles. The molecule has 1 aromatic carbocycles. The number of halogens is 1. The van der Waals surface area contributed by atoms with Gasteiger partial charge in [-0.15, -0.1) is 0 Å². The van der Waals surface area contributed by atoms with Crippen molar-refractivity contribution in [3.05, 3.63) is 41.9 Å². The van der Waals surface area contributed by atoms with Gasteiger partial charge in [-0.1, -0.05) is 19.3 Å². The molecule has 0 amide bonds. The van der Waals surface area contributed by atoms with Crippen molar-refractivity contribution in [3.63, 3.8) is 0 Å². The van der Waals surface area contributed by atoms with Gasteiger partial charge in [0.25, 0.3) is 0 Å². The van der Waals surface area contributed by atoms with Crippen LogP contribution in [-0.4, -0.2) is 22.0 Å². The number of fused-ring (bicyclic) bond motifs is 1. The highest BCUT2D eigenvalue weighted by Gasteiger charge is 2.25. The summed E-state index contributed by atoms with van der Waals surface area (Å²) in [6.07, 6.45) is 7.89. The van der Waals surface area contributed by atoms with Crippen LogP contribution in [0.2, 0.25) is 0 Å². The Balaban J connectivity index is 1.98. The smallest absolute Gasteiger partial charge is 0.331 e. The van der Waals surface area contributed by atoms with Crippen LogP contribution in [0, 0.1) is 11.7 Å². The first-order chi connectivity index (χ1) is 12.7. The van der Waals surface area contributed by atoms with E-state index >= 15 is 0 Å². The van der Waals surface area contributed by atoms with E-state index in [2.05, 4.69) is 0 Å². The van der Waals surface area contributed by atoms with E-state index in [1.165, 1.54) is 18.2 Å². The lowest BCUT2D eigenvalue weighted by molar-refractivity contribution is -0.148. The third-order valence-corrected chi connectivity index (χ3v) is 4.76. The van der Waals surface area contributed by atoms with Crippen LogP contribution in [0.5, 0.6) is 0 Å². The van der Waals surface area contributed by atoms with Crippen LogP contribution in [0.25, 0.3) is 17.0 Å². The van der Waals surface area contributed by atoms with Gasteiger partial charge in [0, 0.05) is 23.1 Å². The largest absolute Gasteiger partial charge is 0.457 e. The molecular formula is C22H26FNO3. The molecule has 1 aromatic heterocycles. The number of carbonyl (C=O) groups excluding carboxylic acids is 2. The molecule has 0 saturated heterocycles. The second-order valence-electron chi connectivity index (χ2n) is 8.15. The van der Waals surface area contributed by atoms with E-state index in [0.717, 1.165) is 32.1 Å². The SMILES string of the molecule is CC(C)(C)OC(=O)/C=C/c1cc2cc(F)ccc2n1C(=O)C1CCCCC1. The summed E-state index contributed by atoms with van der Waals surface area (Å²) in [4.78, 5) is 25.2. The van der Waals surface area contributed by atoms with Gasteiger partial charge in [0.05, 0.1) is 5.52 Å². The quantitative estimate of drug-likeness (QED) is 0.539. The molecule has 144 valence electrons. The third-order valence-electron chi connectivity index (χ3n) is 4.76. The summed E-state index contributed by atoms with van der Waals surface area (Å²) in [5.74, 6) is -0.851. The lowest BCUT2D eigenvalue weighted by atomic mass is 9.88. The van der Waals surface area contributed by atoms with E-state index < -0.39 is 11.6 Å².